The van der Waals surface area contributed by atoms with Crippen LogP contribution < -0.4 is 20.3 Å². The Morgan fingerprint density at radius 3 is 2.81 bits per heavy atom. The molecule has 2 N–H and O–H groups in total. The molecule has 1 aliphatic rings. The van der Waals surface area contributed by atoms with Gasteiger partial charge in [0.15, 0.2) is 0 Å². The summed E-state index contributed by atoms with van der Waals surface area (Å²) < 4.78 is 5.03. The van der Waals surface area contributed by atoms with Crippen molar-refractivity contribution in [1.29, 1.82) is 0 Å². The zero-order valence-corrected chi connectivity index (χ0v) is 15.2. The number of carbonyl (C=O) groups excluding carboxylic acids is 1. The minimum absolute atomic E-state index is 0.171. The first-order valence-corrected chi connectivity index (χ1v) is 8.78. The van der Waals surface area contributed by atoms with Gasteiger partial charge in [-0.15, -0.1) is 0 Å². The number of aryl methyl sites for hydroxylation is 1. The maximum Gasteiger partial charge on any atom is 0.251 e. The fourth-order valence-corrected chi connectivity index (χ4v) is 2.85. The Kier molecular flexibility index (Phi) is 5.83. The van der Waals surface area contributed by atoms with E-state index in [1.807, 2.05) is 13.0 Å². The molecule has 8 nitrogen and oxygen atoms in total. The molecule has 3 rings (SSSR count). The summed E-state index contributed by atoms with van der Waals surface area (Å²) in [6, 6.07) is 5.27. The maximum absolute atomic E-state index is 12.1. The second-order valence-electron chi connectivity index (χ2n) is 6.15. The lowest BCUT2D eigenvalue weighted by molar-refractivity contribution is 0.0954. The molecule has 3 heterocycles. The number of methoxy groups -OCH3 is 1. The molecule has 0 radical (unpaired) electrons. The lowest BCUT2D eigenvalue weighted by atomic mass is 10.2. The van der Waals surface area contributed by atoms with Gasteiger partial charge < -0.3 is 20.3 Å². The quantitative estimate of drug-likeness (QED) is 0.729. The summed E-state index contributed by atoms with van der Waals surface area (Å²) in [6.07, 6.45) is 3.96. The van der Waals surface area contributed by atoms with Crippen molar-refractivity contribution in [2.45, 2.75) is 19.8 Å². The SMILES string of the molecule is COc1cc(C(=O)NCCNc2nc(C)cc(N3CCCC3)n2)ccn1. The van der Waals surface area contributed by atoms with Crippen LogP contribution >= 0.6 is 0 Å². The van der Waals surface area contributed by atoms with Crippen molar-refractivity contribution in [2.75, 3.05) is 43.5 Å². The molecule has 0 aliphatic carbocycles. The predicted molar refractivity (Wildman–Crippen MR) is 99.8 cm³/mol. The third kappa shape index (κ3) is 4.59. The summed E-state index contributed by atoms with van der Waals surface area (Å²) >= 11 is 0. The standard InChI is InChI=1S/C18H24N6O2/c1-13-11-15(24-9-3-4-10-24)23-18(22-13)21-8-7-20-17(25)14-5-6-19-16(12-14)26-2/h5-6,11-12H,3-4,7-10H2,1-2H3,(H,20,25)(H,21,22,23). The summed E-state index contributed by atoms with van der Waals surface area (Å²) in [5, 5.41) is 6.03. The Hall–Kier alpha value is -2.90. The van der Waals surface area contributed by atoms with Crippen LogP contribution in [0.15, 0.2) is 24.4 Å². The fraction of sp³-hybridized carbons (Fsp3) is 0.444. The third-order valence-electron chi connectivity index (χ3n) is 4.17. The minimum Gasteiger partial charge on any atom is -0.481 e. The number of nitrogens with one attached hydrogen (secondary N) is 2. The van der Waals surface area contributed by atoms with Gasteiger partial charge in [-0.2, -0.15) is 4.98 Å². The number of nitrogens with zero attached hydrogens (tertiary/aromatic N) is 4. The Bertz CT molecular complexity index is 761. The van der Waals surface area contributed by atoms with Crippen LogP contribution in [0.5, 0.6) is 5.88 Å². The molecule has 138 valence electrons. The van der Waals surface area contributed by atoms with Crippen molar-refractivity contribution in [3.8, 4) is 5.88 Å². The van der Waals surface area contributed by atoms with Crippen molar-refractivity contribution in [3.63, 3.8) is 0 Å². The van der Waals surface area contributed by atoms with E-state index in [1.54, 1.807) is 18.3 Å². The molecule has 1 fully saturated rings. The molecule has 1 amide bonds. The topological polar surface area (TPSA) is 92.3 Å². The smallest absolute Gasteiger partial charge is 0.251 e. The summed E-state index contributed by atoms with van der Waals surface area (Å²) in [7, 11) is 1.52. The fourth-order valence-electron chi connectivity index (χ4n) is 2.85. The number of amides is 1. The second kappa shape index (κ2) is 8.46. The number of hydrogen-bond acceptors (Lipinski definition) is 7. The van der Waals surface area contributed by atoms with Crippen molar-refractivity contribution in [1.82, 2.24) is 20.3 Å². The number of carbonyl (C=O) groups is 1. The van der Waals surface area contributed by atoms with Crippen LogP contribution in [0.4, 0.5) is 11.8 Å². The van der Waals surface area contributed by atoms with E-state index in [2.05, 4.69) is 30.5 Å². The number of pyridine rings is 1. The first-order valence-electron chi connectivity index (χ1n) is 8.78. The Balaban J connectivity index is 1.50. The van der Waals surface area contributed by atoms with Gasteiger partial charge in [0.05, 0.1) is 7.11 Å². The summed E-state index contributed by atoms with van der Waals surface area (Å²) in [5.41, 5.74) is 1.44. The van der Waals surface area contributed by atoms with Gasteiger partial charge in [-0.3, -0.25) is 4.79 Å². The van der Waals surface area contributed by atoms with E-state index in [4.69, 9.17) is 4.74 Å². The molecule has 0 atom stereocenters. The maximum atomic E-state index is 12.1. The summed E-state index contributed by atoms with van der Waals surface area (Å²) in [6.45, 7) is 5.05. The van der Waals surface area contributed by atoms with Crippen LogP contribution in [0.25, 0.3) is 0 Å². The molecule has 1 saturated heterocycles. The van der Waals surface area contributed by atoms with Crippen LogP contribution in [-0.2, 0) is 0 Å². The second-order valence-corrected chi connectivity index (χ2v) is 6.15. The molecule has 2 aromatic rings. The molecule has 0 bridgehead atoms. The van der Waals surface area contributed by atoms with E-state index in [1.165, 1.54) is 20.0 Å². The Morgan fingerprint density at radius 2 is 2.04 bits per heavy atom. The number of anilines is 2. The van der Waals surface area contributed by atoms with E-state index in [9.17, 15) is 4.79 Å². The minimum atomic E-state index is -0.171. The van der Waals surface area contributed by atoms with Crippen LogP contribution in [0.3, 0.4) is 0 Å². The van der Waals surface area contributed by atoms with Gasteiger partial charge in [-0.05, 0) is 25.8 Å². The van der Waals surface area contributed by atoms with E-state index >= 15 is 0 Å². The number of aromatic nitrogens is 3. The highest BCUT2D eigenvalue weighted by molar-refractivity contribution is 5.94. The highest BCUT2D eigenvalue weighted by Crippen LogP contribution is 2.19. The number of hydrogen-bond donors (Lipinski definition) is 2. The molecule has 0 saturated carbocycles. The van der Waals surface area contributed by atoms with Crippen molar-refractivity contribution in [3.05, 3.63) is 35.7 Å². The molecule has 26 heavy (non-hydrogen) atoms. The first-order chi connectivity index (χ1) is 12.7. The van der Waals surface area contributed by atoms with Gasteiger partial charge in [0, 0.05) is 55.8 Å². The summed E-state index contributed by atoms with van der Waals surface area (Å²) in [4.78, 5) is 27.4. The van der Waals surface area contributed by atoms with E-state index in [-0.39, 0.29) is 5.91 Å². The molecular formula is C18H24N6O2. The van der Waals surface area contributed by atoms with Crippen molar-refractivity contribution < 1.29 is 9.53 Å². The van der Waals surface area contributed by atoms with Crippen LogP contribution in [0.2, 0.25) is 0 Å². The summed E-state index contributed by atoms with van der Waals surface area (Å²) in [5.74, 6) is 1.80. The number of ether oxygens (including phenoxy) is 1. The zero-order valence-electron chi connectivity index (χ0n) is 15.2. The molecular weight excluding hydrogens is 332 g/mol. The normalized spacial score (nSPS) is 13.5. The van der Waals surface area contributed by atoms with Crippen LogP contribution in [0, 0.1) is 6.92 Å². The van der Waals surface area contributed by atoms with E-state index in [0.717, 1.165) is 24.6 Å². The third-order valence-corrected chi connectivity index (χ3v) is 4.17. The first kappa shape index (κ1) is 17.9. The highest BCUT2D eigenvalue weighted by Gasteiger charge is 2.15. The van der Waals surface area contributed by atoms with Gasteiger partial charge in [-0.25, -0.2) is 9.97 Å². The zero-order chi connectivity index (χ0) is 18.4. The van der Waals surface area contributed by atoms with Crippen molar-refractivity contribution in [2.24, 2.45) is 0 Å². The Labute approximate surface area is 153 Å². The average Bonchev–Trinajstić information content (AvgIpc) is 3.19. The molecule has 2 aromatic heterocycles. The van der Waals surface area contributed by atoms with Gasteiger partial charge in [0.25, 0.3) is 5.91 Å². The number of rotatable bonds is 7. The van der Waals surface area contributed by atoms with Gasteiger partial charge in [-0.1, -0.05) is 0 Å². The van der Waals surface area contributed by atoms with Crippen molar-refractivity contribution >= 4 is 17.7 Å². The highest BCUT2D eigenvalue weighted by atomic mass is 16.5. The largest absolute Gasteiger partial charge is 0.481 e. The van der Waals surface area contributed by atoms with Gasteiger partial charge >= 0.3 is 0 Å². The lowest BCUT2D eigenvalue weighted by Gasteiger charge is -2.17. The molecule has 1 aliphatic heterocycles. The molecule has 8 heteroatoms. The molecule has 0 aromatic carbocycles. The van der Waals surface area contributed by atoms with Crippen LogP contribution in [0.1, 0.15) is 28.9 Å². The average molecular weight is 356 g/mol. The Morgan fingerprint density at radius 1 is 1.23 bits per heavy atom. The predicted octanol–water partition coefficient (Wildman–Crippen LogP) is 1.63. The van der Waals surface area contributed by atoms with E-state index in [0.29, 0.717) is 30.5 Å². The van der Waals surface area contributed by atoms with Gasteiger partial charge in [0.2, 0.25) is 11.8 Å². The monoisotopic (exact) mass is 356 g/mol. The lowest BCUT2D eigenvalue weighted by Crippen LogP contribution is -2.29. The van der Waals surface area contributed by atoms with E-state index < -0.39 is 0 Å². The molecule has 0 spiro atoms. The molecule has 0 unspecified atom stereocenters. The van der Waals surface area contributed by atoms with Crippen LogP contribution in [-0.4, -0.2) is 54.1 Å². The van der Waals surface area contributed by atoms with Gasteiger partial charge in [0.1, 0.15) is 5.82 Å².